The highest BCUT2D eigenvalue weighted by Crippen LogP contribution is 2.42. The summed E-state index contributed by atoms with van der Waals surface area (Å²) in [6.07, 6.45) is 0. The van der Waals surface area contributed by atoms with Crippen molar-refractivity contribution in [2.24, 2.45) is 0 Å². The Balaban J connectivity index is 0.000000480. The molecule has 8 N–H and O–H groups in total. The molecule has 79 heavy (non-hydrogen) atoms. The first-order chi connectivity index (χ1) is 35.6. The zero-order valence-corrected chi connectivity index (χ0v) is 54.4. The second-order valence-electron chi connectivity index (χ2n) is 28.2. The van der Waals surface area contributed by atoms with Gasteiger partial charge in [-0.2, -0.15) is 0 Å². The van der Waals surface area contributed by atoms with Crippen LogP contribution < -0.4 is 0 Å². The largest absolute Gasteiger partial charge is 0.508 e. The van der Waals surface area contributed by atoms with Crippen molar-refractivity contribution in [2.45, 2.75) is 209 Å². The van der Waals surface area contributed by atoms with E-state index in [9.17, 15) is 20.4 Å². The third kappa shape index (κ3) is 26.1. The van der Waals surface area contributed by atoms with E-state index in [-0.39, 0.29) is 43.3 Å². The Hall–Kier alpha value is -4.82. The van der Waals surface area contributed by atoms with Gasteiger partial charge in [0.25, 0.3) is 0 Å². The first kappa shape index (κ1) is 72.2. The first-order valence-corrected chi connectivity index (χ1v) is 29.4. The first-order valence-electron chi connectivity index (χ1n) is 27.1. The maximum absolute atomic E-state index is 9.84. The summed E-state index contributed by atoms with van der Waals surface area (Å²) in [6.45, 7) is 51.7. The van der Waals surface area contributed by atoms with E-state index < -0.39 is 17.2 Å². The van der Waals surface area contributed by atoms with Gasteiger partial charge in [-0.15, -0.1) is 0 Å². The summed E-state index contributed by atoms with van der Waals surface area (Å²) in [5.74, 6) is 1.59. The van der Waals surface area contributed by atoms with E-state index in [1.165, 1.54) is 33.4 Å². The molecule has 0 unspecified atom stereocenters. The molecule has 0 aliphatic carbocycles. The number of hydrogen-bond donors (Lipinski definition) is 8. The van der Waals surface area contributed by atoms with Gasteiger partial charge in [0.2, 0.25) is 0 Å². The third-order valence-electron chi connectivity index (χ3n) is 12.7. The predicted octanol–water partition coefficient (Wildman–Crippen LogP) is 18.7. The molecule has 0 bridgehead atoms. The molecule has 0 saturated heterocycles. The SMILES string of the molecule is CC(C)(C)c1ccc(O)c(C(C)(C)C)c1.CC(C)(C)c1ccc(O)c(C(C)(C)C)c1.CC(C)(C)c1ccc(O)c(C(C)(C)C)c1.CC(C)(C)c1ccc(O)c(C(C)(C)C)c1.OP(O)OP(O)O.c1ccc(-c2ccccc2)cc1. The molecule has 0 aliphatic rings. The van der Waals surface area contributed by atoms with E-state index >= 15 is 0 Å². The molecule has 6 rings (SSSR count). The molecular formula is C68H102O9P2. The normalized spacial score (nSPS) is 12.3. The highest BCUT2D eigenvalue weighted by molar-refractivity contribution is 7.53. The molecular weight excluding hydrogens is 1020 g/mol. The molecule has 0 saturated carbocycles. The molecule has 0 aromatic heterocycles. The van der Waals surface area contributed by atoms with Crippen molar-refractivity contribution in [3.8, 4) is 34.1 Å². The lowest BCUT2D eigenvalue weighted by molar-refractivity contribution is 0.324. The van der Waals surface area contributed by atoms with Gasteiger partial charge in [-0.25, -0.2) is 4.31 Å². The summed E-state index contributed by atoms with van der Waals surface area (Å²) in [6, 6.07) is 44.5. The molecule has 6 aromatic rings. The molecule has 0 fully saturated rings. The van der Waals surface area contributed by atoms with Crippen LogP contribution in [-0.4, -0.2) is 40.0 Å². The van der Waals surface area contributed by atoms with E-state index in [1.807, 2.05) is 36.4 Å². The lowest BCUT2D eigenvalue weighted by Gasteiger charge is -2.25. The zero-order chi connectivity index (χ0) is 61.5. The maximum atomic E-state index is 9.84. The molecule has 0 amide bonds. The standard InChI is InChI=1S/4C14H22O.C12H10.H4O5P2/c4*1-13(2,3)10-7-8-12(15)11(9-10)14(4,5)6;1-3-7-11(8-4-1)12-9-5-2-6-10-12;1-6(2)5-7(3)4/h4*7-9,15H,1-6H3;1-10H;1-4H. The maximum Gasteiger partial charge on any atom is 0.334 e. The third-order valence-corrected chi connectivity index (χ3v) is 13.9. The number of hydrogen-bond acceptors (Lipinski definition) is 9. The van der Waals surface area contributed by atoms with Crippen molar-refractivity contribution in [2.75, 3.05) is 0 Å². The molecule has 0 spiro atoms. The molecule has 9 nitrogen and oxygen atoms in total. The van der Waals surface area contributed by atoms with Crippen molar-refractivity contribution in [3.63, 3.8) is 0 Å². The van der Waals surface area contributed by atoms with Crippen LogP contribution in [0.2, 0.25) is 0 Å². The highest BCUT2D eigenvalue weighted by atomic mass is 31.2. The Labute approximate surface area is 480 Å². The van der Waals surface area contributed by atoms with E-state index in [0.717, 1.165) is 22.3 Å². The lowest BCUT2D eigenvalue weighted by Crippen LogP contribution is -2.16. The van der Waals surface area contributed by atoms with Crippen molar-refractivity contribution in [1.29, 1.82) is 0 Å². The monoisotopic (exact) mass is 1120 g/mol. The van der Waals surface area contributed by atoms with Gasteiger partial charge in [-0.05, 0) is 123 Å². The Morgan fingerprint density at radius 2 is 0.430 bits per heavy atom. The predicted molar refractivity (Wildman–Crippen MR) is 338 cm³/mol. The van der Waals surface area contributed by atoms with E-state index in [0.29, 0.717) is 23.0 Å². The van der Waals surface area contributed by atoms with Gasteiger partial charge in [0.05, 0.1) is 0 Å². The second kappa shape index (κ2) is 29.2. The fourth-order valence-electron chi connectivity index (χ4n) is 7.74. The Bertz CT molecular complexity index is 2410. The summed E-state index contributed by atoms with van der Waals surface area (Å²) in [7, 11) is -5.22. The van der Waals surface area contributed by atoms with Crippen LogP contribution in [0.25, 0.3) is 11.1 Å². The number of aromatic hydroxyl groups is 4. The Kier molecular flexibility index (Phi) is 26.7. The van der Waals surface area contributed by atoms with Gasteiger partial charge >= 0.3 is 17.2 Å². The van der Waals surface area contributed by atoms with Crippen molar-refractivity contribution in [3.05, 3.63) is 178 Å². The summed E-state index contributed by atoms with van der Waals surface area (Å²) >= 11 is 0. The van der Waals surface area contributed by atoms with Crippen LogP contribution in [0.1, 0.15) is 211 Å². The second-order valence-corrected chi connectivity index (χ2v) is 29.9. The zero-order valence-electron chi connectivity index (χ0n) is 52.6. The molecule has 6 aromatic carbocycles. The number of benzene rings is 6. The van der Waals surface area contributed by atoms with E-state index in [1.54, 1.807) is 24.3 Å². The molecule has 0 radical (unpaired) electrons. The Morgan fingerprint density at radius 3 is 0.557 bits per heavy atom. The molecule has 0 aliphatic heterocycles. The summed E-state index contributed by atoms with van der Waals surface area (Å²) in [5.41, 5.74) is 12.2. The van der Waals surface area contributed by atoms with Crippen molar-refractivity contribution in [1.82, 2.24) is 0 Å². The molecule has 0 heterocycles. The van der Waals surface area contributed by atoms with E-state index in [2.05, 4.69) is 243 Å². The minimum atomic E-state index is -2.61. The molecule has 11 heteroatoms. The number of rotatable bonds is 3. The van der Waals surface area contributed by atoms with Crippen LogP contribution in [0.15, 0.2) is 133 Å². The van der Waals surface area contributed by atoms with Crippen LogP contribution in [-0.2, 0) is 47.6 Å². The highest BCUT2D eigenvalue weighted by Gasteiger charge is 2.25. The van der Waals surface area contributed by atoms with Gasteiger partial charge < -0.3 is 40.0 Å². The van der Waals surface area contributed by atoms with Gasteiger partial charge in [-0.3, -0.25) is 0 Å². The fraction of sp³-hybridized carbons (Fsp3) is 0.471. The van der Waals surface area contributed by atoms with Crippen LogP contribution >= 0.6 is 17.2 Å². The van der Waals surface area contributed by atoms with Crippen LogP contribution in [0.3, 0.4) is 0 Å². The van der Waals surface area contributed by atoms with Crippen LogP contribution in [0, 0.1) is 0 Å². The average molecular weight is 1130 g/mol. The van der Waals surface area contributed by atoms with Crippen molar-refractivity contribution >= 4 is 17.2 Å². The number of phenols is 4. The fourth-order valence-corrected chi connectivity index (χ4v) is 8.26. The van der Waals surface area contributed by atoms with E-state index in [4.69, 9.17) is 19.6 Å². The Morgan fingerprint density at radius 1 is 0.253 bits per heavy atom. The van der Waals surface area contributed by atoms with Gasteiger partial charge in [0, 0.05) is 0 Å². The smallest absolute Gasteiger partial charge is 0.334 e. The van der Waals surface area contributed by atoms with Crippen molar-refractivity contribution < 1.29 is 44.3 Å². The quantitative estimate of drug-likeness (QED) is 0.0804. The number of phenolic OH excluding ortho intramolecular Hbond substituents is 4. The molecule has 438 valence electrons. The summed E-state index contributed by atoms with van der Waals surface area (Å²) < 4.78 is 3.60. The van der Waals surface area contributed by atoms with Crippen LogP contribution in [0.5, 0.6) is 23.0 Å². The average Bonchev–Trinajstić information content (AvgIpc) is 3.28. The van der Waals surface area contributed by atoms with Gasteiger partial charge in [0.1, 0.15) is 23.0 Å². The topological polar surface area (TPSA) is 171 Å². The van der Waals surface area contributed by atoms with Gasteiger partial charge in [-0.1, -0.05) is 275 Å². The summed E-state index contributed by atoms with van der Waals surface area (Å²) in [5, 5.41) is 39.3. The van der Waals surface area contributed by atoms with Gasteiger partial charge in [0.15, 0.2) is 0 Å². The lowest BCUT2D eigenvalue weighted by atomic mass is 9.80. The summed E-state index contributed by atoms with van der Waals surface area (Å²) in [4.78, 5) is 31.3. The minimum Gasteiger partial charge on any atom is -0.508 e. The minimum absolute atomic E-state index is 0.00859. The van der Waals surface area contributed by atoms with Crippen LogP contribution in [0.4, 0.5) is 0 Å². The molecule has 0 atom stereocenters.